The van der Waals surface area contributed by atoms with Gasteiger partial charge in [-0.3, -0.25) is 39.9 Å². The number of hydrogen-bond acceptors (Lipinski definition) is 8. The number of nitrogens with one attached hydrogen (secondary N) is 2. The SMILES string of the molecule is O=C(Cc1ccc([N+](=O)[O-])cc1[N+](=O)[O-])Nc1ccc(CC2SC(=O)NC2=O)cc1. The van der Waals surface area contributed by atoms with E-state index >= 15 is 0 Å². The van der Waals surface area contributed by atoms with E-state index in [-0.39, 0.29) is 23.1 Å². The van der Waals surface area contributed by atoms with Crippen LogP contribution in [0.25, 0.3) is 0 Å². The number of nitro benzene ring substituents is 2. The minimum atomic E-state index is -0.771. The number of rotatable bonds is 7. The second-order valence-corrected chi connectivity index (χ2v) is 7.51. The fourth-order valence-corrected chi connectivity index (χ4v) is 3.69. The molecule has 2 aromatic rings. The van der Waals surface area contributed by atoms with Crippen molar-refractivity contribution in [3.63, 3.8) is 0 Å². The molecule has 30 heavy (non-hydrogen) atoms. The van der Waals surface area contributed by atoms with Gasteiger partial charge in [0.25, 0.3) is 16.6 Å². The summed E-state index contributed by atoms with van der Waals surface area (Å²) in [5.74, 6) is -0.872. The first-order chi connectivity index (χ1) is 14.2. The Balaban J connectivity index is 1.64. The van der Waals surface area contributed by atoms with Crippen LogP contribution in [0.15, 0.2) is 42.5 Å². The van der Waals surface area contributed by atoms with Crippen LogP contribution in [0.5, 0.6) is 0 Å². The number of nitrogens with zero attached hydrogens (tertiary/aromatic N) is 2. The highest BCUT2D eigenvalue weighted by molar-refractivity contribution is 8.15. The van der Waals surface area contributed by atoms with Gasteiger partial charge < -0.3 is 5.32 Å². The van der Waals surface area contributed by atoms with Crippen molar-refractivity contribution in [1.82, 2.24) is 5.32 Å². The summed E-state index contributed by atoms with van der Waals surface area (Å²) in [6.07, 6.45) is 0.0164. The molecule has 0 bridgehead atoms. The maximum atomic E-state index is 12.3. The molecule has 12 heteroatoms. The topological polar surface area (TPSA) is 162 Å². The summed E-state index contributed by atoms with van der Waals surface area (Å²) >= 11 is 0.924. The highest BCUT2D eigenvalue weighted by Crippen LogP contribution is 2.26. The lowest BCUT2D eigenvalue weighted by Gasteiger charge is -2.08. The fourth-order valence-electron chi connectivity index (χ4n) is 2.83. The molecule has 1 heterocycles. The van der Waals surface area contributed by atoms with Crippen molar-refractivity contribution >= 4 is 45.9 Å². The molecular weight excluding hydrogens is 416 g/mol. The van der Waals surface area contributed by atoms with Crippen LogP contribution in [0.4, 0.5) is 21.9 Å². The van der Waals surface area contributed by atoms with Gasteiger partial charge in [0.2, 0.25) is 11.8 Å². The Hall–Kier alpha value is -3.80. The Morgan fingerprint density at radius 1 is 1.07 bits per heavy atom. The molecule has 1 aliphatic heterocycles. The normalized spacial score (nSPS) is 15.5. The molecule has 0 radical (unpaired) electrons. The first-order valence-electron chi connectivity index (χ1n) is 8.55. The summed E-state index contributed by atoms with van der Waals surface area (Å²) in [5, 5.41) is 25.9. The zero-order valence-corrected chi connectivity index (χ0v) is 16.0. The third kappa shape index (κ3) is 4.97. The van der Waals surface area contributed by atoms with E-state index < -0.39 is 32.4 Å². The largest absolute Gasteiger partial charge is 0.326 e. The van der Waals surface area contributed by atoms with Crippen molar-refractivity contribution in [2.75, 3.05) is 5.32 Å². The van der Waals surface area contributed by atoms with Crippen LogP contribution < -0.4 is 10.6 Å². The van der Waals surface area contributed by atoms with Crippen molar-refractivity contribution in [3.8, 4) is 0 Å². The average molecular weight is 430 g/mol. The zero-order chi connectivity index (χ0) is 21.8. The van der Waals surface area contributed by atoms with Gasteiger partial charge in [0.1, 0.15) is 0 Å². The summed E-state index contributed by atoms with van der Waals surface area (Å²) in [4.78, 5) is 55.5. The molecular formula is C18H14N4O7S. The van der Waals surface area contributed by atoms with Gasteiger partial charge >= 0.3 is 0 Å². The summed E-state index contributed by atoms with van der Waals surface area (Å²) in [5.41, 5.74) is 0.344. The highest BCUT2D eigenvalue weighted by atomic mass is 32.2. The number of amides is 3. The van der Waals surface area contributed by atoms with Crippen LogP contribution in [0, 0.1) is 20.2 Å². The summed E-state index contributed by atoms with van der Waals surface area (Å²) in [6.45, 7) is 0. The maximum Gasteiger partial charge on any atom is 0.286 e. The summed E-state index contributed by atoms with van der Waals surface area (Å²) in [6, 6.07) is 9.71. The Morgan fingerprint density at radius 2 is 1.77 bits per heavy atom. The number of carbonyl (C=O) groups is 3. The van der Waals surface area contributed by atoms with E-state index in [0.717, 1.165) is 29.5 Å². The van der Waals surface area contributed by atoms with Crippen LogP contribution in [0.2, 0.25) is 0 Å². The van der Waals surface area contributed by atoms with Gasteiger partial charge in [-0.2, -0.15) is 0 Å². The van der Waals surface area contributed by atoms with E-state index in [9.17, 15) is 34.6 Å². The fraction of sp³-hybridized carbons (Fsp3) is 0.167. The quantitative estimate of drug-likeness (QED) is 0.500. The summed E-state index contributed by atoms with van der Waals surface area (Å²) < 4.78 is 0. The van der Waals surface area contributed by atoms with Gasteiger partial charge in [0, 0.05) is 17.3 Å². The van der Waals surface area contributed by atoms with Crippen LogP contribution in [-0.2, 0) is 22.4 Å². The molecule has 1 unspecified atom stereocenters. The van der Waals surface area contributed by atoms with Crippen molar-refractivity contribution in [1.29, 1.82) is 0 Å². The van der Waals surface area contributed by atoms with Crippen molar-refractivity contribution < 1.29 is 24.2 Å². The molecule has 0 saturated carbocycles. The smallest absolute Gasteiger partial charge is 0.286 e. The molecule has 1 aliphatic rings. The molecule has 3 rings (SSSR count). The molecule has 1 atom stereocenters. The minimum absolute atomic E-state index is 0.0497. The lowest BCUT2D eigenvalue weighted by molar-refractivity contribution is -0.394. The van der Waals surface area contributed by atoms with Crippen LogP contribution >= 0.6 is 11.8 Å². The van der Waals surface area contributed by atoms with Crippen molar-refractivity contribution in [2.24, 2.45) is 0 Å². The van der Waals surface area contributed by atoms with E-state index in [1.54, 1.807) is 24.3 Å². The average Bonchev–Trinajstić information content (AvgIpc) is 3.00. The molecule has 11 nitrogen and oxygen atoms in total. The predicted molar refractivity (Wildman–Crippen MR) is 107 cm³/mol. The number of non-ortho nitro benzene ring substituents is 1. The number of hydrogen-bond donors (Lipinski definition) is 2. The first kappa shape index (κ1) is 20.9. The van der Waals surface area contributed by atoms with Gasteiger partial charge in [-0.15, -0.1) is 0 Å². The highest BCUT2D eigenvalue weighted by Gasteiger charge is 2.31. The number of imide groups is 1. The van der Waals surface area contributed by atoms with Crippen molar-refractivity contribution in [2.45, 2.75) is 18.1 Å². The van der Waals surface area contributed by atoms with E-state index in [1.165, 1.54) is 6.07 Å². The summed E-state index contributed by atoms with van der Waals surface area (Å²) in [7, 11) is 0. The second-order valence-electron chi connectivity index (χ2n) is 6.34. The Morgan fingerprint density at radius 3 is 2.33 bits per heavy atom. The number of nitro groups is 2. The monoisotopic (exact) mass is 430 g/mol. The van der Waals surface area contributed by atoms with Gasteiger partial charge in [0.05, 0.1) is 27.6 Å². The zero-order valence-electron chi connectivity index (χ0n) is 15.2. The molecule has 2 aromatic carbocycles. The van der Waals surface area contributed by atoms with E-state index in [1.807, 2.05) is 0 Å². The number of carbonyl (C=O) groups excluding carboxylic acids is 3. The van der Waals surface area contributed by atoms with Gasteiger partial charge in [-0.25, -0.2) is 0 Å². The third-order valence-electron chi connectivity index (χ3n) is 4.25. The first-order valence-corrected chi connectivity index (χ1v) is 9.43. The molecule has 154 valence electrons. The third-order valence-corrected chi connectivity index (χ3v) is 5.23. The minimum Gasteiger partial charge on any atom is -0.326 e. The number of benzene rings is 2. The Labute approximate surface area is 173 Å². The molecule has 0 aliphatic carbocycles. The lowest BCUT2D eigenvalue weighted by Crippen LogP contribution is -2.25. The molecule has 0 aromatic heterocycles. The predicted octanol–water partition coefficient (Wildman–Crippen LogP) is 2.58. The molecule has 3 amide bonds. The number of thioether (sulfide) groups is 1. The van der Waals surface area contributed by atoms with Crippen molar-refractivity contribution in [3.05, 3.63) is 73.8 Å². The van der Waals surface area contributed by atoms with Gasteiger partial charge in [0.15, 0.2) is 0 Å². The van der Waals surface area contributed by atoms with E-state index in [4.69, 9.17) is 0 Å². The standard InChI is InChI=1S/C18H14N4O7S/c23-16(8-11-3-6-13(21(26)27)9-14(11)22(28)29)19-12-4-1-10(2-5-12)7-15-17(24)20-18(25)30-15/h1-6,9,15H,7-8H2,(H,19,23)(H,20,24,25). The van der Waals surface area contributed by atoms with Crippen LogP contribution in [0.3, 0.4) is 0 Å². The van der Waals surface area contributed by atoms with E-state index in [0.29, 0.717) is 12.1 Å². The Kier molecular flexibility index (Phi) is 6.06. The van der Waals surface area contributed by atoms with E-state index in [2.05, 4.69) is 10.6 Å². The van der Waals surface area contributed by atoms with Crippen LogP contribution in [0.1, 0.15) is 11.1 Å². The molecule has 1 fully saturated rings. The molecule has 2 N–H and O–H groups in total. The number of anilines is 1. The lowest BCUT2D eigenvalue weighted by atomic mass is 10.1. The molecule has 0 spiro atoms. The van der Waals surface area contributed by atoms with Gasteiger partial charge in [-0.1, -0.05) is 23.9 Å². The Bertz CT molecular complexity index is 1060. The second kappa shape index (κ2) is 8.69. The maximum absolute atomic E-state index is 12.3. The molecule has 1 saturated heterocycles. The van der Waals surface area contributed by atoms with Gasteiger partial charge in [-0.05, 0) is 30.2 Å². The van der Waals surface area contributed by atoms with Crippen LogP contribution in [-0.4, -0.2) is 32.2 Å².